The van der Waals surface area contributed by atoms with Crippen molar-refractivity contribution < 1.29 is 27.4 Å². The number of benzene rings is 2. The predicted molar refractivity (Wildman–Crippen MR) is 141 cm³/mol. The molecule has 0 aliphatic carbocycles. The zero-order valence-electron chi connectivity index (χ0n) is 21.5. The van der Waals surface area contributed by atoms with Crippen molar-refractivity contribution >= 4 is 11.7 Å². The summed E-state index contributed by atoms with van der Waals surface area (Å²) in [5, 5.41) is 0. The maximum absolute atomic E-state index is 13.1. The van der Waals surface area contributed by atoms with Gasteiger partial charge in [0, 0.05) is 36.5 Å². The molecule has 0 unspecified atom stereocenters. The molecule has 2 aromatic carbocycles. The van der Waals surface area contributed by atoms with Gasteiger partial charge in [-0.25, -0.2) is 4.98 Å². The minimum absolute atomic E-state index is 0.0486. The number of hydrogen-bond acceptors (Lipinski definition) is 6. The molecule has 0 spiro atoms. The molecule has 1 aromatic heterocycles. The second-order valence-electron chi connectivity index (χ2n) is 9.93. The molecule has 2 N–H and O–H groups in total. The van der Waals surface area contributed by atoms with Gasteiger partial charge in [0.15, 0.2) is 11.6 Å². The number of alkyl halides is 3. The first kappa shape index (κ1) is 26.8. The van der Waals surface area contributed by atoms with E-state index in [1.54, 1.807) is 12.3 Å². The van der Waals surface area contributed by atoms with E-state index < -0.39 is 6.36 Å². The van der Waals surface area contributed by atoms with Gasteiger partial charge < -0.3 is 25.0 Å². The Balaban J connectivity index is 1.19. The molecule has 2 aliphatic heterocycles. The van der Waals surface area contributed by atoms with Gasteiger partial charge in [-0.2, -0.15) is 0 Å². The Kier molecular flexibility index (Phi) is 7.92. The molecule has 2 saturated heterocycles. The summed E-state index contributed by atoms with van der Waals surface area (Å²) in [7, 11) is 0. The molecule has 2 aliphatic rings. The molecule has 5 rings (SSSR count). The van der Waals surface area contributed by atoms with Crippen LogP contribution in [0.5, 0.6) is 11.5 Å². The first-order chi connectivity index (χ1) is 18.7. The number of carbonyl (C=O) groups excluding carboxylic acids is 1. The second kappa shape index (κ2) is 11.5. The first-order valence-corrected chi connectivity index (χ1v) is 13.1. The van der Waals surface area contributed by atoms with Gasteiger partial charge >= 0.3 is 6.36 Å². The topological polar surface area (TPSA) is 80.9 Å². The summed E-state index contributed by atoms with van der Waals surface area (Å²) < 4.78 is 46.7. The Morgan fingerprint density at radius 3 is 2.26 bits per heavy atom. The number of aromatic nitrogens is 1. The fraction of sp³-hybridized carbons (Fsp3) is 0.379. The third kappa shape index (κ3) is 6.81. The number of anilines is 1. The third-order valence-corrected chi connectivity index (χ3v) is 7.31. The van der Waals surface area contributed by atoms with Crippen LogP contribution in [-0.4, -0.2) is 59.3 Å². The van der Waals surface area contributed by atoms with Crippen LogP contribution in [0.2, 0.25) is 0 Å². The monoisotopic (exact) mass is 540 g/mol. The van der Waals surface area contributed by atoms with E-state index >= 15 is 0 Å². The molecule has 39 heavy (non-hydrogen) atoms. The van der Waals surface area contributed by atoms with E-state index in [0.29, 0.717) is 22.9 Å². The molecule has 10 heteroatoms. The van der Waals surface area contributed by atoms with Crippen LogP contribution in [-0.2, 0) is 6.61 Å². The highest BCUT2D eigenvalue weighted by molar-refractivity contribution is 5.94. The van der Waals surface area contributed by atoms with E-state index in [4.69, 9.17) is 10.5 Å². The van der Waals surface area contributed by atoms with Crippen molar-refractivity contribution in [2.75, 3.05) is 31.9 Å². The molecule has 0 radical (unpaired) electrons. The van der Waals surface area contributed by atoms with Gasteiger partial charge in [-0.15, -0.1) is 13.2 Å². The van der Waals surface area contributed by atoms with Crippen LogP contribution in [0.4, 0.5) is 19.0 Å². The Labute approximate surface area is 225 Å². The van der Waals surface area contributed by atoms with Crippen LogP contribution < -0.4 is 15.2 Å². The number of amides is 1. The molecule has 3 aromatic rings. The Morgan fingerprint density at radius 1 is 0.949 bits per heavy atom. The summed E-state index contributed by atoms with van der Waals surface area (Å²) in [4.78, 5) is 21.8. The molecule has 1 amide bonds. The number of nitrogens with two attached hydrogens (primary N) is 1. The number of rotatable bonds is 7. The van der Waals surface area contributed by atoms with Crippen LogP contribution in [0.3, 0.4) is 0 Å². The molecule has 2 fully saturated rings. The van der Waals surface area contributed by atoms with Crippen LogP contribution in [0.15, 0.2) is 60.8 Å². The molecule has 206 valence electrons. The standard InChI is InChI=1S/C29H31F3N4O3/c30-29(31,32)39-25-9-3-20(4-10-25)19-38-26-17-23(18-34-27(26)33)21-5-7-22(8-6-21)28(37)36-15-11-24(12-16-36)35-13-1-2-14-35/h3-10,17-18,24H,1-2,11-16,19H2,(H2,33,34). The normalized spacial score (nSPS) is 16.8. The lowest BCUT2D eigenvalue weighted by atomic mass is 10.0. The molecule has 7 nitrogen and oxygen atoms in total. The first-order valence-electron chi connectivity index (χ1n) is 13.1. The van der Waals surface area contributed by atoms with Crippen LogP contribution >= 0.6 is 0 Å². The smallest absolute Gasteiger partial charge is 0.485 e. The van der Waals surface area contributed by atoms with Crippen molar-refractivity contribution in [3.63, 3.8) is 0 Å². The van der Waals surface area contributed by atoms with Crippen molar-refractivity contribution in [3.8, 4) is 22.6 Å². The molecule has 0 saturated carbocycles. The number of carbonyl (C=O) groups is 1. The summed E-state index contributed by atoms with van der Waals surface area (Å²) in [6.07, 6.45) is 1.49. The van der Waals surface area contributed by atoms with E-state index in [1.807, 2.05) is 29.2 Å². The molecular formula is C29H31F3N4O3. The maximum atomic E-state index is 13.1. The van der Waals surface area contributed by atoms with Gasteiger partial charge in [-0.3, -0.25) is 4.79 Å². The van der Waals surface area contributed by atoms with Gasteiger partial charge in [-0.1, -0.05) is 24.3 Å². The summed E-state index contributed by atoms with van der Waals surface area (Å²) in [6.45, 7) is 4.01. The minimum atomic E-state index is -4.74. The summed E-state index contributed by atoms with van der Waals surface area (Å²) in [6, 6.07) is 15.2. The maximum Gasteiger partial charge on any atom is 0.573 e. The average Bonchev–Trinajstić information content (AvgIpc) is 3.48. The van der Waals surface area contributed by atoms with Crippen molar-refractivity contribution in [3.05, 3.63) is 71.9 Å². The number of ether oxygens (including phenoxy) is 2. The predicted octanol–water partition coefficient (Wildman–Crippen LogP) is 5.51. The number of pyridine rings is 1. The number of halogens is 3. The SMILES string of the molecule is Nc1ncc(-c2ccc(C(=O)N3CCC(N4CCCC4)CC3)cc2)cc1OCc1ccc(OC(F)(F)F)cc1. The highest BCUT2D eigenvalue weighted by Crippen LogP contribution is 2.29. The van der Waals surface area contributed by atoms with Gasteiger partial charge in [-0.05, 0) is 80.2 Å². The number of nitrogen functional groups attached to an aromatic ring is 1. The Hall–Kier alpha value is -3.79. The number of nitrogens with zero attached hydrogens (tertiary/aromatic N) is 3. The Bertz CT molecular complexity index is 1270. The van der Waals surface area contributed by atoms with Crippen molar-refractivity contribution in [2.24, 2.45) is 0 Å². The average molecular weight is 541 g/mol. The molecular weight excluding hydrogens is 509 g/mol. The van der Waals surface area contributed by atoms with E-state index in [1.165, 1.54) is 50.2 Å². The highest BCUT2D eigenvalue weighted by Gasteiger charge is 2.31. The second-order valence-corrected chi connectivity index (χ2v) is 9.93. The quantitative estimate of drug-likeness (QED) is 0.426. The van der Waals surface area contributed by atoms with Crippen molar-refractivity contribution in [2.45, 2.75) is 44.7 Å². The van der Waals surface area contributed by atoms with Gasteiger partial charge in [0.25, 0.3) is 5.91 Å². The number of hydrogen-bond donors (Lipinski definition) is 1. The lowest BCUT2D eigenvalue weighted by Gasteiger charge is -2.36. The lowest BCUT2D eigenvalue weighted by molar-refractivity contribution is -0.274. The summed E-state index contributed by atoms with van der Waals surface area (Å²) >= 11 is 0. The summed E-state index contributed by atoms with van der Waals surface area (Å²) in [5.41, 5.74) is 8.89. The molecule has 3 heterocycles. The fourth-order valence-electron chi connectivity index (χ4n) is 5.21. The highest BCUT2D eigenvalue weighted by atomic mass is 19.4. The van der Waals surface area contributed by atoms with Crippen LogP contribution in [0.1, 0.15) is 41.6 Å². The van der Waals surface area contributed by atoms with E-state index in [-0.39, 0.29) is 24.1 Å². The fourth-order valence-corrected chi connectivity index (χ4v) is 5.21. The summed E-state index contributed by atoms with van der Waals surface area (Å²) in [5.74, 6) is 0.291. The minimum Gasteiger partial charge on any atom is -0.485 e. The van der Waals surface area contributed by atoms with Crippen molar-refractivity contribution in [1.29, 1.82) is 0 Å². The number of likely N-dealkylation sites (tertiary alicyclic amines) is 2. The Morgan fingerprint density at radius 2 is 1.62 bits per heavy atom. The molecule has 0 bridgehead atoms. The molecule has 0 atom stereocenters. The van der Waals surface area contributed by atoms with E-state index in [0.717, 1.165) is 37.1 Å². The van der Waals surface area contributed by atoms with Gasteiger partial charge in [0.2, 0.25) is 0 Å². The van der Waals surface area contributed by atoms with Crippen LogP contribution in [0, 0.1) is 0 Å². The zero-order chi connectivity index (χ0) is 27.4. The van der Waals surface area contributed by atoms with Gasteiger partial charge in [0.05, 0.1) is 0 Å². The third-order valence-electron chi connectivity index (χ3n) is 7.31. The van der Waals surface area contributed by atoms with Crippen molar-refractivity contribution in [1.82, 2.24) is 14.8 Å². The number of piperidine rings is 1. The van der Waals surface area contributed by atoms with Gasteiger partial charge in [0.1, 0.15) is 12.4 Å². The zero-order valence-corrected chi connectivity index (χ0v) is 21.5. The lowest BCUT2D eigenvalue weighted by Crippen LogP contribution is -2.45. The van der Waals surface area contributed by atoms with E-state index in [2.05, 4.69) is 14.6 Å². The van der Waals surface area contributed by atoms with E-state index in [9.17, 15) is 18.0 Å². The van der Waals surface area contributed by atoms with Crippen LogP contribution in [0.25, 0.3) is 11.1 Å². The largest absolute Gasteiger partial charge is 0.573 e.